The molecule has 1 nitrogen and oxygen atoms in total. The van der Waals surface area contributed by atoms with Gasteiger partial charge in [-0.3, -0.25) is 0 Å². The second kappa shape index (κ2) is 4.99. The lowest BCUT2D eigenvalue weighted by Gasteiger charge is -2.24. The Bertz CT molecular complexity index is 373. The zero-order valence-electron chi connectivity index (χ0n) is 11.0. The Morgan fingerprint density at radius 2 is 1.65 bits per heavy atom. The molecular formula is C15H21ClO. The van der Waals surface area contributed by atoms with Crippen LogP contribution in [0.3, 0.4) is 0 Å². The zero-order chi connectivity index (χ0) is 12.6. The molecule has 1 aromatic rings. The molecule has 5 atom stereocenters. The van der Waals surface area contributed by atoms with Crippen LogP contribution < -0.4 is 0 Å². The average Bonchev–Trinajstić information content (AvgIpc) is 2.53. The summed E-state index contributed by atoms with van der Waals surface area (Å²) >= 11 is 6.64. The second-order valence-electron chi connectivity index (χ2n) is 5.30. The van der Waals surface area contributed by atoms with E-state index < -0.39 is 0 Å². The highest BCUT2D eigenvalue weighted by atomic mass is 35.5. The summed E-state index contributed by atoms with van der Waals surface area (Å²) < 4.78 is 5.87. The Balaban J connectivity index is 2.19. The molecule has 1 aromatic carbocycles. The van der Waals surface area contributed by atoms with E-state index in [1.54, 1.807) is 0 Å². The fraction of sp³-hybridized carbons (Fsp3) is 0.600. The lowest BCUT2D eigenvalue weighted by molar-refractivity contribution is 0.0508. The Labute approximate surface area is 109 Å². The molecule has 94 valence electrons. The SMILES string of the molecule is Cc1ccc(C(Cl)C2C(C)OC(C)C2C)cc1. The van der Waals surface area contributed by atoms with Gasteiger partial charge in [-0.05, 0) is 32.3 Å². The summed E-state index contributed by atoms with van der Waals surface area (Å²) in [7, 11) is 0. The highest BCUT2D eigenvalue weighted by Crippen LogP contribution is 2.43. The number of hydrogen-bond donors (Lipinski definition) is 0. The summed E-state index contributed by atoms with van der Waals surface area (Å²) in [6.45, 7) is 8.61. The van der Waals surface area contributed by atoms with Crippen LogP contribution in [0.5, 0.6) is 0 Å². The molecule has 1 saturated heterocycles. The van der Waals surface area contributed by atoms with Gasteiger partial charge in [0.15, 0.2) is 0 Å². The van der Waals surface area contributed by atoms with Crippen LogP contribution in [0.25, 0.3) is 0 Å². The van der Waals surface area contributed by atoms with Gasteiger partial charge in [0.25, 0.3) is 0 Å². The first kappa shape index (κ1) is 12.9. The van der Waals surface area contributed by atoms with Crippen molar-refractivity contribution in [1.82, 2.24) is 0 Å². The van der Waals surface area contributed by atoms with E-state index in [1.165, 1.54) is 11.1 Å². The van der Waals surface area contributed by atoms with Gasteiger partial charge in [0.2, 0.25) is 0 Å². The molecule has 0 radical (unpaired) electrons. The van der Waals surface area contributed by atoms with E-state index in [0.29, 0.717) is 17.9 Å². The van der Waals surface area contributed by atoms with Gasteiger partial charge in [0.1, 0.15) is 0 Å². The molecule has 1 heterocycles. The van der Waals surface area contributed by atoms with Crippen molar-refractivity contribution in [2.24, 2.45) is 11.8 Å². The van der Waals surface area contributed by atoms with Crippen molar-refractivity contribution in [3.8, 4) is 0 Å². The van der Waals surface area contributed by atoms with Crippen LogP contribution in [0.2, 0.25) is 0 Å². The normalized spacial score (nSPS) is 34.9. The Hall–Kier alpha value is -0.530. The highest BCUT2D eigenvalue weighted by Gasteiger charge is 2.41. The van der Waals surface area contributed by atoms with Gasteiger partial charge in [0, 0.05) is 5.92 Å². The van der Waals surface area contributed by atoms with Gasteiger partial charge in [-0.25, -0.2) is 0 Å². The molecule has 1 aliphatic rings. The lowest BCUT2D eigenvalue weighted by atomic mass is 9.84. The van der Waals surface area contributed by atoms with E-state index in [2.05, 4.69) is 52.0 Å². The standard InChI is InChI=1S/C15H21ClO/c1-9-5-7-13(8-6-9)15(16)14-10(2)11(3)17-12(14)4/h5-8,10-12,14-15H,1-4H3. The van der Waals surface area contributed by atoms with E-state index in [0.717, 1.165) is 0 Å². The first-order chi connectivity index (χ1) is 8.00. The molecule has 2 rings (SSSR count). The summed E-state index contributed by atoms with van der Waals surface area (Å²) in [5, 5.41) is 0.0468. The van der Waals surface area contributed by atoms with Crippen molar-refractivity contribution < 1.29 is 4.74 Å². The van der Waals surface area contributed by atoms with Gasteiger partial charge in [-0.15, -0.1) is 11.6 Å². The maximum absolute atomic E-state index is 6.64. The quantitative estimate of drug-likeness (QED) is 0.712. The minimum absolute atomic E-state index is 0.0468. The summed E-state index contributed by atoms with van der Waals surface area (Å²) in [6, 6.07) is 8.52. The van der Waals surface area contributed by atoms with Gasteiger partial charge < -0.3 is 4.74 Å². The monoisotopic (exact) mass is 252 g/mol. The summed E-state index contributed by atoms with van der Waals surface area (Å²) in [5.41, 5.74) is 2.48. The molecule has 1 aliphatic heterocycles. The van der Waals surface area contributed by atoms with Crippen LogP contribution in [0.4, 0.5) is 0 Å². The number of benzene rings is 1. The van der Waals surface area contributed by atoms with Crippen molar-refractivity contribution in [2.75, 3.05) is 0 Å². The number of hydrogen-bond acceptors (Lipinski definition) is 1. The molecule has 0 spiro atoms. The van der Waals surface area contributed by atoms with Crippen molar-refractivity contribution in [3.05, 3.63) is 35.4 Å². The van der Waals surface area contributed by atoms with E-state index in [9.17, 15) is 0 Å². The highest BCUT2D eigenvalue weighted by molar-refractivity contribution is 6.21. The summed E-state index contributed by atoms with van der Waals surface area (Å²) in [4.78, 5) is 0. The van der Waals surface area contributed by atoms with Crippen molar-refractivity contribution in [2.45, 2.75) is 45.3 Å². The van der Waals surface area contributed by atoms with Crippen LogP contribution in [-0.2, 0) is 4.74 Å². The molecule has 5 unspecified atom stereocenters. The lowest BCUT2D eigenvalue weighted by Crippen LogP contribution is -2.22. The average molecular weight is 253 g/mol. The zero-order valence-corrected chi connectivity index (χ0v) is 11.7. The molecule has 0 N–H and O–H groups in total. The topological polar surface area (TPSA) is 9.23 Å². The van der Waals surface area contributed by atoms with Gasteiger partial charge >= 0.3 is 0 Å². The van der Waals surface area contributed by atoms with Crippen LogP contribution in [0, 0.1) is 18.8 Å². The number of aryl methyl sites for hydroxylation is 1. The van der Waals surface area contributed by atoms with Gasteiger partial charge in [-0.2, -0.15) is 0 Å². The van der Waals surface area contributed by atoms with Crippen molar-refractivity contribution in [3.63, 3.8) is 0 Å². The van der Waals surface area contributed by atoms with Crippen molar-refractivity contribution in [1.29, 1.82) is 0 Å². The molecule has 0 saturated carbocycles. The van der Waals surface area contributed by atoms with E-state index in [1.807, 2.05) is 0 Å². The predicted molar refractivity (Wildman–Crippen MR) is 72.4 cm³/mol. The third kappa shape index (κ3) is 2.51. The van der Waals surface area contributed by atoms with Crippen LogP contribution in [0.1, 0.15) is 37.3 Å². The third-order valence-electron chi connectivity index (χ3n) is 4.05. The largest absolute Gasteiger partial charge is 0.375 e. The van der Waals surface area contributed by atoms with E-state index >= 15 is 0 Å². The minimum atomic E-state index is 0.0468. The second-order valence-corrected chi connectivity index (χ2v) is 5.77. The Morgan fingerprint density at radius 1 is 1.06 bits per heavy atom. The molecule has 0 amide bonds. The summed E-state index contributed by atoms with van der Waals surface area (Å²) in [5.74, 6) is 0.906. The molecule has 17 heavy (non-hydrogen) atoms. The predicted octanol–water partition coefficient (Wildman–Crippen LogP) is 4.33. The Morgan fingerprint density at radius 3 is 2.12 bits per heavy atom. The molecule has 0 aromatic heterocycles. The molecule has 1 fully saturated rings. The van der Waals surface area contributed by atoms with Gasteiger partial charge in [-0.1, -0.05) is 36.8 Å². The summed E-state index contributed by atoms with van der Waals surface area (Å²) in [6.07, 6.45) is 0.547. The van der Waals surface area contributed by atoms with E-state index in [-0.39, 0.29) is 11.5 Å². The first-order valence-corrected chi connectivity index (χ1v) is 6.80. The maximum Gasteiger partial charge on any atom is 0.0641 e. The molecule has 2 heteroatoms. The van der Waals surface area contributed by atoms with Crippen molar-refractivity contribution >= 4 is 11.6 Å². The first-order valence-electron chi connectivity index (χ1n) is 6.37. The van der Waals surface area contributed by atoms with E-state index in [4.69, 9.17) is 16.3 Å². The smallest absolute Gasteiger partial charge is 0.0641 e. The molecular weight excluding hydrogens is 232 g/mol. The molecule has 0 bridgehead atoms. The number of alkyl halides is 1. The fourth-order valence-corrected chi connectivity index (χ4v) is 3.35. The Kier molecular flexibility index (Phi) is 3.79. The minimum Gasteiger partial charge on any atom is -0.375 e. The number of rotatable bonds is 2. The van der Waals surface area contributed by atoms with Crippen LogP contribution >= 0.6 is 11.6 Å². The van der Waals surface area contributed by atoms with Crippen LogP contribution in [0.15, 0.2) is 24.3 Å². The fourth-order valence-electron chi connectivity index (χ4n) is 2.77. The molecule has 0 aliphatic carbocycles. The number of ether oxygens (including phenoxy) is 1. The maximum atomic E-state index is 6.64. The number of halogens is 1. The third-order valence-corrected chi connectivity index (χ3v) is 4.60. The van der Waals surface area contributed by atoms with Gasteiger partial charge in [0.05, 0.1) is 17.6 Å². The van der Waals surface area contributed by atoms with Crippen LogP contribution in [-0.4, -0.2) is 12.2 Å².